The second-order valence-electron chi connectivity index (χ2n) is 8.30. The minimum Gasteiger partial charge on any atom is -0.408 e. The van der Waals surface area contributed by atoms with Gasteiger partial charge in [0.05, 0.1) is 17.4 Å². The van der Waals surface area contributed by atoms with Crippen molar-refractivity contribution in [2.75, 3.05) is 5.73 Å². The maximum Gasteiger partial charge on any atom is 0.252 e. The summed E-state index contributed by atoms with van der Waals surface area (Å²) in [5.74, 6) is 1.13. The van der Waals surface area contributed by atoms with Crippen LogP contribution >= 0.6 is 0 Å². The van der Waals surface area contributed by atoms with Crippen LogP contribution in [0.5, 0.6) is 5.75 Å². The first-order valence-corrected chi connectivity index (χ1v) is 10.2. The van der Waals surface area contributed by atoms with E-state index in [1.165, 1.54) is 0 Å². The van der Waals surface area contributed by atoms with Gasteiger partial charge < -0.3 is 15.9 Å². The highest BCUT2D eigenvalue weighted by atomic mass is 16.6. The molecular formula is C23H21N5O2. The number of hydrogen-bond acceptors (Lipinski definition) is 6. The van der Waals surface area contributed by atoms with E-state index < -0.39 is 0 Å². The molecule has 7 nitrogen and oxygen atoms in total. The molecule has 2 heterocycles. The third-order valence-electron chi connectivity index (χ3n) is 6.03. The molecule has 6 rings (SSSR count). The molecule has 2 saturated carbocycles. The molecule has 0 unspecified atom stereocenters. The van der Waals surface area contributed by atoms with Gasteiger partial charge in [0, 0.05) is 22.7 Å². The van der Waals surface area contributed by atoms with Crippen molar-refractivity contribution in [2.24, 2.45) is 0 Å². The minimum atomic E-state index is -0.188. The number of fused-ring (bicyclic) bond motifs is 2. The molecule has 0 atom stereocenters. The summed E-state index contributed by atoms with van der Waals surface area (Å²) in [6, 6.07) is 14.0. The van der Waals surface area contributed by atoms with Crippen LogP contribution in [0.4, 0.5) is 5.82 Å². The van der Waals surface area contributed by atoms with Crippen molar-refractivity contribution in [1.82, 2.24) is 20.8 Å². The maximum atomic E-state index is 12.2. The Morgan fingerprint density at radius 3 is 2.60 bits per heavy atom. The Hall–Kier alpha value is -3.45. The number of nitrogens with one attached hydrogen (secondary N) is 2. The van der Waals surface area contributed by atoms with Crippen LogP contribution in [0.25, 0.3) is 22.5 Å². The topological polar surface area (TPSA) is 102 Å². The summed E-state index contributed by atoms with van der Waals surface area (Å²) in [4.78, 5) is 26.9. The average Bonchev–Trinajstić information content (AvgIpc) is 3.69. The second-order valence-corrected chi connectivity index (χ2v) is 8.30. The van der Waals surface area contributed by atoms with Gasteiger partial charge in [-0.1, -0.05) is 6.07 Å². The fraction of sp³-hybridized carbons (Fsp3) is 0.261. The predicted molar refractivity (Wildman–Crippen MR) is 112 cm³/mol. The lowest BCUT2D eigenvalue weighted by Crippen LogP contribution is -2.25. The molecule has 7 heteroatoms. The highest BCUT2D eigenvalue weighted by molar-refractivity contribution is 6.01. The van der Waals surface area contributed by atoms with Gasteiger partial charge in [0.2, 0.25) is 0 Å². The third-order valence-corrected chi connectivity index (χ3v) is 6.03. The number of benzene rings is 2. The fourth-order valence-electron chi connectivity index (χ4n) is 3.95. The molecule has 1 spiro atoms. The molecule has 2 aliphatic carbocycles. The van der Waals surface area contributed by atoms with Crippen molar-refractivity contribution >= 4 is 11.7 Å². The Balaban J connectivity index is 1.32. The van der Waals surface area contributed by atoms with Crippen LogP contribution in [0.15, 0.2) is 48.7 Å². The van der Waals surface area contributed by atoms with Crippen LogP contribution in [-0.2, 0) is 5.54 Å². The number of hydrogen-bond donors (Lipinski definition) is 3. The van der Waals surface area contributed by atoms with E-state index in [4.69, 9.17) is 15.6 Å². The summed E-state index contributed by atoms with van der Waals surface area (Å²) in [6.07, 6.45) is 5.95. The zero-order chi connectivity index (χ0) is 20.3. The van der Waals surface area contributed by atoms with Gasteiger partial charge in [-0.05, 0) is 67.6 Å². The van der Waals surface area contributed by atoms with Gasteiger partial charge in [-0.25, -0.2) is 9.97 Å². The van der Waals surface area contributed by atoms with Crippen LogP contribution < -0.4 is 21.4 Å². The maximum absolute atomic E-state index is 12.2. The zero-order valence-electron chi connectivity index (χ0n) is 16.3. The molecule has 4 N–H and O–H groups in total. The zero-order valence-corrected chi connectivity index (χ0v) is 16.3. The Morgan fingerprint density at radius 1 is 1.10 bits per heavy atom. The molecule has 150 valence electrons. The SMILES string of the molecule is Nc1ncc(-c2ccc(ONC3CC3)cc2)nc1-c1ccc2c(c1)C1(CC1)NC2=O. The van der Waals surface area contributed by atoms with E-state index in [0.717, 1.165) is 59.4 Å². The van der Waals surface area contributed by atoms with Gasteiger partial charge in [-0.2, -0.15) is 5.48 Å². The summed E-state index contributed by atoms with van der Waals surface area (Å²) in [5.41, 5.74) is 14.0. The summed E-state index contributed by atoms with van der Waals surface area (Å²) in [6.45, 7) is 0. The standard InChI is InChI=1S/C23H21N5O2/c24-21-20(14-3-8-17-18(11-14)23(9-10-23)27-22(17)29)26-19(12-25-21)13-1-6-16(7-2-13)30-28-15-4-5-15/h1-3,6-8,11-12,15,28H,4-5,9-10H2,(H2,24,25)(H,27,29). The number of hydroxylamine groups is 1. The first-order valence-electron chi connectivity index (χ1n) is 10.2. The van der Waals surface area contributed by atoms with E-state index in [1.807, 2.05) is 42.5 Å². The molecule has 0 bridgehead atoms. The van der Waals surface area contributed by atoms with Gasteiger partial charge in [0.1, 0.15) is 17.3 Å². The summed E-state index contributed by atoms with van der Waals surface area (Å²) in [7, 11) is 0. The summed E-state index contributed by atoms with van der Waals surface area (Å²) >= 11 is 0. The third kappa shape index (κ3) is 2.90. The van der Waals surface area contributed by atoms with Crippen molar-refractivity contribution in [2.45, 2.75) is 37.3 Å². The minimum absolute atomic E-state index is 0.000316. The van der Waals surface area contributed by atoms with Gasteiger partial charge in [0.15, 0.2) is 0 Å². The van der Waals surface area contributed by atoms with E-state index in [1.54, 1.807) is 6.20 Å². The first-order chi connectivity index (χ1) is 14.6. The van der Waals surface area contributed by atoms with E-state index >= 15 is 0 Å². The molecule has 1 aromatic heterocycles. The first kappa shape index (κ1) is 17.4. The number of carbonyl (C=O) groups excluding carboxylic acids is 1. The molecule has 0 radical (unpaired) electrons. The quantitative estimate of drug-likeness (QED) is 0.570. The largest absolute Gasteiger partial charge is 0.408 e. The Morgan fingerprint density at radius 2 is 1.87 bits per heavy atom. The van der Waals surface area contributed by atoms with Crippen LogP contribution in [0, 0.1) is 0 Å². The molecule has 0 saturated heterocycles. The van der Waals surface area contributed by atoms with Crippen LogP contribution in [0.2, 0.25) is 0 Å². The number of rotatable bonds is 5. The van der Waals surface area contributed by atoms with E-state index in [0.29, 0.717) is 17.6 Å². The molecule has 2 aromatic carbocycles. The molecule has 1 amide bonds. The lowest BCUT2D eigenvalue weighted by atomic mass is 9.98. The fourth-order valence-corrected chi connectivity index (χ4v) is 3.95. The Kier molecular flexibility index (Phi) is 3.64. The van der Waals surface area contributed by atoms with Crippen LogP contribution in [0.3, 0.4) is 0 Å². The van der Waals surface area contributed by atoms with Crippen molar-refractivity contribution in [3.8, 4) is 28.3 Å². The molecule has 30 heavy (non-hydrogen) atoms. The normalized spacial score (nSPS) is 18.2. The highest BCUT2D eigenvalue weighted by Gasteiger charge is 2.52. The van der Waals surface area contributed by atoms with E-state index in [-0.39, 0.29) is 11.4 Å². The summed E-state index contributed by atoms with van der Waals surface area (Å²) < 4.78 is 0. The smallest absolute Gasteiger partial charge is 0.252 e. The van der Waals surface area contributed by atoms with Crippen LogP contribution in [-0.4, -0.2) is 21.9 Å². The Bertz CT molecular complexity index is 1170. The molecule has 2 fully saturated rings. The van der Waals surface area contributed by atoms with Crippen molar-refractivity contribution in [1.29, 1.82) is 0 Å². The van der Waals surface area contributed by atoms with Gasteiger partial charge in [-0.15, -0.1) is 0 Å². The van der Waals surface area contributed by atoms with E-state index in [2.05, 4.69) is 15.8 Å². The van der Waals surface area contributed by atoms with E-state index in [9.17, 15) is 4.79 Å². The van der Waals surface area contributed by atoms with Gasteiger partial charge in [0.25, 0.3) is 5.91 Å². The summed E-state index contributed by atoms with van der Waals surface area (Å²) in [5, 5.41) is 3.10. The van der Waals surface area contributed by atoms with Gasteiger partial charge in [-0.3, -0.25) is 4.79 Å². The number of nitrogen functional groups attached to an aromatic ring is 1. The van der Waals surface area contributed by atoms with Crippen molar-refractivity contribution in [3.05, 3.63) is 59.8 Å². The van der Waals surface area contributed by atoms with Crippen molar-refractivity contribution < 1.29 is 9.63 Å². The second kappa shape index (κ2) is 6.27. The number of nitrogens with zero attached hydrogens (tertiary/aromatic N) is 2. The number of amides is 1. The Labute approximate surface area is 173 Å². The van der Waals surface area contributed by atoms with Crippen molar-refractivity contribution in [3.63, 3.8) is 0 Å². The lowest BCUT2D eigenvalue weighted by Gasteiger charge is -2.12. The predicted octanol–water partition coefficient (Wildman–Crippen LogP) is 3.17. The molecule has 3 aromatic rings. The van der Waals surface area contributed by atoms with Crippen LogP contribution in [0.1, 0.15) is 41.6 Å². The lowest BCUT2D eigenvalue weighted by molar-refractivity contribution is 0.0952. The highest BCUT2D eigenvalue weighted by Crippen LogP contribution is 2.51. The number of nitrogens with two attached hydrogens (primary N) is 1. The molecular weight excluding hydrogens is 378 g/mol. The number of anilines is 1. The average molecular weight is 399 g/mol. The molecule has 3 aliphatic rings. The number of aromatic nitrogens is 2. The molecule has 1 aliphatic heterocycles. The number of carbonyl (C=O) groups is 1. The monoisotopic (exact) mass is 399 g/mol. The van der Waals surface area contributed by atoms with Gasteiger partial charge >= 0.3 is 0 Å².